The molecular weight excluding hydrogens is 210 g/mol. The van der Waals surface area contributed by atoms with Gasteiger partial charge in [0.2, 0.25) is 0 Å². The van der Waals surface area contributed by atoms with Gasteiger partial charge in [0.25, 0.3) is 0 Å². The van der Waals surface area contributed by atoms with Gasteiger partial charge in [0.05, 0.1) is 0 Å². The Morgan fingerprint density at radius 3 is 2.35 bits per heavy atom. The predicted octanol–water partition coefficient (Wildman–Crippen LogP) is 2.34. The van der Waals surface area contributed by atoms with Gasteiger partial charge in [0.1, 0.15) is 6.29 Å². The second kappa shape index (κ2) is 4.61. The van der Waals surface area contributed by atoms with E-state index in [4.69, 9.17) is 0 Å². The lowest BCUT2D eigenvalue weighted by molar-refractivity contribution is -0.114. The zero-order valence-electron chi connectivity index (χ0n) is 10.1. The quantitative estimate of drug-likeness (QED) is 0.741. The SMILES string of the molecule is O=CC1C2CCC1CN(Cc1ccccc1)C2. The molecule has 2 bridgehead atoms. The fourth-order valence-corrected chi connectivity index (χ4v) is 3.55. The predicted molar refractivity (Wildman–Crippen MR) is 67.5 cm³/mol. The van der Waals surface area contributed by atoms with Crippen LogP contribution >= 0.6 is 0 Å². The standard InChI is InChI=1S/C15H19NO/c17-11-15-13-6-7-14(15)10-16(9-13)8-12-4-2-1-3-5-12/h1-5,11,13-15H,6-10H2. The number of piperidine rings is 1. The summed E-state index contributed by atoms with van der Waals surface area (Å²) in [4.78, 5) is 13.6. The maximum absolute atomic E-state index is 11.1. The highest BCUT2D eigenvalue weighted by molar-refractivity contribution is 5.55. The van der Waals surface area contributed by atoms with E-state index in [1.54, 1.807) is 0 Å². The molecule has 2 aliphatic rings. The molecule has 1 aromatic rings. The van der Waals surface area contributed by atoms with Gasteiger partial charge >= 0.3 is 0 Å². The molecule has 2 unspecified atom stereocenters. The second-order valence-corrected chi connectivity index (χ2v) is 5.49. The third-order valence-corrected chi connectivity index (χ3v) is 4.39. The number of carbonyl (C=O) groups is 1. The zero-order valence-corrected chi connectivity index (χ0v) is 10.1. The van der Waals surface area contributed by atoms with Gasteiger partial charge in [-0.3, -0.25) is 4.90 Å². The highest BCUT2D eigenvalue weighted by Gasteiger charge is 2.41. The highest BCUT2D eigenvalue weighted by atomic mass is 16.1. The molecule has 2 fully saturated rings. The van der Waals surface area contributed by atoms with Crippen LogP contribution in [0.5, 0.6) is 0 Å². The maximum atomic E-state index is 11.1. The normalized spacial score (nSPS) is 32.6. The van der Waals surface area contributed by atoms with Crippen molar-refractivity contribution < 1.29 is 4.79 Å². The summed E-state index contributed by atoms with van der Waals surface area (Å²) in [5, 5.41) is 0. The number of carbonyl (C=O) groups excluding carboxylic acids is 1. The molecule has 0 N–H and O–H groups in total. The fourth-order valence-electron chi connectivity index (χ4n) is 3.55. The minimum Gasteiger partial charge on any atom is -0.303 e. The van der Waals surface area contributed by atoms with Gasteiger partial charge in [-0.05, 0) is 30.2 Å². The number of fused-ring (bicyclic) bond motifs is 2. The van der Waals surface area contributed by atoms with E-state index in [0.717, 1.165) is 19.6 Å². The number of hydrogen-bond donors (Lipinski definition) is 0. The van der Waals surface area contributed by atoms with E-state index in [2.05, 4.69) is 35.2 Å². The summed E-state index contributed by atoms with van der Waals surface area (Å²) < 4.78 is 0. The van der Waals surface area contributed by atoms with Crippen LogP contribution in [0.25, 0.3) is 0 Å². The van der Waals surface area contributed by atoms with Gasteiger partial charge in [0.15, 0.2) is 0 Å². The Hall–Kier alpha value is -1.15. The average molecular weight is 229 g/mol. The van der Waals surface area contributed by atoms with Crippen LogP contribution < -0.4 is 0 Å². The first kappa shape index (κ1) is 11.0. The maximum Gasteiger partial charge on any atom is 0.123 e. The molecule has 1 heterocycles. The van der Waals surface area contributed by atoms with Crippen molar-refractivity contribution >= 4 is 6.29 Å². The van der Waals surface area contributed by atoms with Gasteiger partial charge in [-0.25, -0.2) is 0 Å². The van der Waals surface area contributed by atoms with E-state index in [1.165, 1.54) is 24.7 Å². The van der Waals surface area contributed by atoms with Gasteiger partial charge in [-0.2, -0.15) is 0 Å². The number of hydrogen-bond acceptors (Lipinski definition) is 2. The number of benzene rings is 1. The molecule has 1 aliphatic heterocycles. The van der Waals surface area contributed by atoms with Crippen molar-refractivity contribution in [2.45, 2.75) is 19.4 Å². The molecular formula is C15H19NO. The first-order valence-electron chi connectivity index (χ1n) is 6.58. The molecule has 0 amide bonds. The molecule has 3 rings (SSSR count). The van der Waals surface area contributed by atoms with Crippen molar-refractivity contribution in [2.24, 2.45) is 17.8 Å². The van der Waals surface area contributed by atoms with Crippen molar-refractivity contribution in [3.63, 3.8) is 0 Å². The minimum absolute atomic E-state index is 0.349. The Balaban J connectivity index is 1.66. The Morgan fingerprint density at radius 2 is 1.76 bits per heavy atom. The molecule has 0 aromatic heterocycles. The van der Waals surface area contributed by atoms with Gasteiger partial charge in [0, 0.05) is 25.6 Å². The van der Waals surface area contributed by atoms with Crippen molar-refractivity contribution in [3.8, 4) is 0 Å². The summed E-state index contributed by atoms with van der Waals surface area (Å²) in [5.74, 6) is 1.59. The molecule has 1 saturated carbocycles. The lowest BCUT2D eigenvalue weighted by Gasteiger charge is -2.35. The second-order valence-electron chi connectivity index (χ2n) is 5.49. The van der Waals surface area contributed by atoms with E-state index in [9.17, 15) is 4.79 Å². The minimum atomic E-state index is 0.349. The third kappa shape index (κ3) is 2.14. The molecule has 1 saturated heterocycles. The largest absolute Gasteiger partial charge is 0.303 e. The van der Waals surface area contributed by atoms with Crippen LogP contribution in [0.1, 0.15) is 18.4 Å². The van der Waals surface area contributed by atoms with E-state index >= 15 is 0 Å². The summed E-state index contributed by atoms with van der Waals surface area (Å²) in [6.07, 6.45) is 3.71. The van der Waals surface area contributed by atoms with Crippen molar-refractivity contribution in [2.75, 3.05) is 13.1 Å². The Kier molecular flexibility index (Phi) is 2.98. The number of nitrogens with zero attached hydrogens (tertiary/aromatic N) is 1. The van der Waals surface area contributed by atoms with Crippen LogP contribution in [0, 0.1) is 17.8 Å². The molecule has 1 aliphatic carbocycles. The first-order chi connectivity index (χ1) is 8.36. The van der Waals surface area contributed by atoms with Crippen LogP contribution in [0.4, 0.5) is 0 Å². The molecule has 2 atom stereocenters. The van der Waals surface area contributed by atoms with E-state index < -0.39 is 0 Å². The Bertz CT molecular complexity index is 375. The fraction of sp³-hybridized carbons (Fsp3) is 0.533. The third-order valence-electron chi connectivity index (χ3n) is 4.39. The molecule has 2 heteroatoms. The number of aldehydes is 1. The molecule has 17 heavy (non-hydrogen) atoms. The van der Waals surface area contributed by atoms with Crippen molar-refractivity contribution in [1.29, 1.82) is 0 Å². The zero-order chi connectivity index (χ0) is 11.7. The van der Waals surface area contributed by atoms with Crippen molar-refractivity contribution in [1.82, 2.24) is 4.90 Å². The van der Waals surface area contributed by atoms with Crippen LogP contribution in [0.2, 0.25) is 0 Å². The van der Waals surface area contributed by atoms with Crippen LogP contribution in [-0.2, 0) is 11.3 Å². The monoisotopic (exact) mass is 229 g/mol. The summed E-state index contributed by atoms with van der Waals surface area (Å²) in [7, 11) is 0. The molecule has 0 spiro atoms. The smallest absolute Gasteiger partial charge is 0.123 e. The van der Waals surface area contributed by atoms with Crippen LogP contribution in [0.3, 0.4) is 0 Å². The summed E-state index contributed by atoms with van der Waals surface area (Å²) >= 11 is 0. The number of likely N-dealkylation sites (tertiary alicyclic amines) is 1. The topological polar surface area (TPSA) is 20.3 Å². The molecule has 90 valence electrons. The van der Waals surface area contributed by atoms with E-state index in [1.807, 2.05) is 0 Å². The summed E-state index contributed by atoms with van der Waals surface area (Å²) in [6.45, 7) is 3.25. The highest BCUT2D eigenvalue weighted by Crippen LogP contribution is 2.40. The molecule has 1 aromatic carbocycles. The van der Waals surface area contributed by atoms with Crippen molar-refractivity contribution in [3.05, 3.63) is 35.9 Å². The van der Waals surface area contributed by atoms with Crippen LogP contribution in [0.15, 0.2) is 30.3 Å². The van der Waals surface area contributed by atoms with E-state index in [-0.39, 0.29) is 0 Å². The first-order valence-corrected chi connectivity index (χ1v) is 6.58. The van der Waals surface area contributed by atoms with Gasteiger partial charge in [-0.15, -0.1) is 0 Å². The molecule has 0 radical (unpaired) electrons. The van der Waals surface area contributed by atoms with E-state index in [0.29, 0.717) is 17.8 Å². The average Bonchev–Trinajstić information content (AvgIpc) is 2.61. The van der Waals surface area contributed by atoms with Crippen LogP contribution in [-0.4, -0.2) is 24.3 Å². The Morgan fingerprint density at radius 1 is 1.12 bits per heavy atom. The Labute approximate surface area is 103 Å². The van der Waals surface area contributed by atoms with Gasteiger partial charge in [-0.1, -0.05) is 30.3 Å². The molecule has 2 nitrogen and oxygen atoms in total. The lowest BCUT2D eigenvalue weighted by atomic mass is 9.86. The van der Waals surface area contributed by atoms with Gasteiger partial charge < -0.3 is 4.79 Å². The number of rotatable bonds is 3. The summed E-state index contributed by atoms with van der Waals surface area (Å²) in [6, 6.07) is 10.6. The lowest BCUT2D eigenvalue weighted by Crippen LogP contribution is -2.41. The summed E-state index contributed by atoms with van der Waals surface area (Å²) in [5.41, 5.74) is 1.39.